The van der Waals surface area contributed by atoms with Gasteiger partial charge in [-0.3, -0.25) is 9.69 Å². The fourth-order valence-corrected chi connectivity index (χ4v) is 5.08. The molecule has 0 aromatic carbocycles. The zero-order valence-corrected chi connectivity index (χ0v) is 18.7. The van der Waals surface area contributed by atoms with Crippen molar-refractivity contribution in [3.05, 3.63) is 24.4 Å². The summed E-state index contributed by atoms with van der Waals surface area (Å²) in [7, 11) is 1.63. The molecule has 0 radical (unpaired) electrons. The summed E-state index contributed by atoms with van der Waals surface area (Å²) in [6.45, 7) is 7.62. The summed E-state index contributed by atoms with van der Waals surface area (Å²) in [6.07, 6.45) is 5.87. The van der Waals surface area contributed by atoms with Crippen molar-refractivity contribution < 1.29 is 19.0 Å². The highest BCUT2D eigenvalue weighted by molar-refractivity contribution is 5.77. The number of carbonyl (C=O) groups excluding carboxylic acids is 1. The van der Waals surface area contributed by atoms with Crippen LogP contribution in [0.15, 0.2) is 24.4 Å². The van der Waals surface area contributed by atoms with Gasteiger partial charge >= 0.3 is 0 Å². The van der Waals surface area contributed by atoms with Crippen LogP contribution in [0.2, 0.25) is 0 Å². The van der Waals surface area contributed by atoms with Gasteiger partial charge in [0, 0.05) is 65.2 Å². The molecule has 0 saturated carbocycles. The van der Waals surface area contributed by atoms with Gasteiger partial charge in [-0.2, -0.15) is 0 Å². The predicted octanol–water partition coefficient (Wildman–Crippen LogP) is 1.41. The lowest BCUT2D eigenvalue weighted by molar-refractivity contribution is -0.152. The Labute approximate surface area is 185 Å². The van der Waals surface area contributed by atoms with Gasteiger partial charge in [0.15, 0.2) is 0 Å². The number of pyridine rings is 1. The zero-order chi connectivity index (χ0) is 21.5. The second kappa shape index (κ2) is 10.7. The average Bonchev–Trinajstić information content (AvgIpc) is 2.83. The van der Waals surface area contributed by atoms with E-state index in [9.17, 15) is 4.79 Å². The van der Waals surface area contributed by atoms with Gasteiger partial charge < -0.3 is 24.0 Å². The number of rotatable bonds is 7. The Morgan fingerprint density at radius 1 is 1.16 bits per heavy atom. The van der Waals surface area contributed by atoms with Crippen molar-refractivity contribution in [2.45, 2.75) is 37.3 Å². The highest BCUT2D eigenvalue weighted by Gasteiger charge is 2.42. The first-order chi connectivity index (χ1) is 15.2. The summed E-state index contributed by atoms with van der Waals surface area (Å²) in [6, 6.07) is 6.68. The molecule has 4 rings (SSSR count). The van der Waals surface area contributed by atoms with Crippen molar-refractivity contribution in [3.8, 4) is 0 Å². The van der Waals surface area contributed by atoms with E-state index in [0.29, 0.717) is 19.3 Å². The minimum Gasteiger partial charge on any atom is -0.382 e. The molecule has 0 aliphatic carbocycles. The molecule has 172 valence electrons. The van der Waals surface area contributed by atoms with Gasteiger partial charge in [-0.1, -0.05) is 6.07 Å². The van der Waals surface area contributed by atoms with Crippen molar-refractivity contribution >= 4 is 11.7 Å². The molecule has 1 aromatic heterocycles. The van der Waals surface area contributed by atoms with Gasteiger partial charge in [-0.05, 0) is 37.8 Å². The molecule has 3 fully saturated rings. The van der Waals surface area contributed by atoms with Gasteiger partial charge in [0.2, 0.25) is 5.91 Å². The molecular weight excluding hydrogens is 396 g/mol. The number of methoxy groups -OCH3 is 1. The second-order valence-electron chi connectivity index (χ2n) is 8.82. The molecule has 3 saturated heterocycles. The third-order valence-corrected chi connectivity index (χ3v) is 6.96. The lowest BCUT2D eigenvalue weighted by Gasteiger charge is -2.49. The van der Waals surface area contributed by atoms with Crippen LogP contribution in [0, 0.1) is 0 Å². The molecular formula is C23H36N4O4. The maximum atomic E-state index is 12.4. The lowest BCUT2D eigenvalue weighted by atomic mass is 9.81. The van der Waals surface area contributed by atoms with E-state index in [1.807, 2.05) is 17.2 Å². The van der Waals surface area contributed by atoms with Crippen molar-refractivity contribution in [2.24, 2.45) is 0 Å². The number of amides is 1. The topological polar surface area (TPSA) is 67.4 Å². The summed E-state index contributed by atoms with van der Waals surface area (Å²) in [5.41, 5.74) is -0.0747. The van der Waals surface area contributed by atoms with Gasteiger partial charge in [-0.25, -0.2) is 4.98 Å². The van der Waals surface area contributed by atoms with Gasteiger partial charge in [0.25, 0.3) is 0 Å². The normalized spacial score (nSPS) is 24.5. The summed E-state index contributed by atoms with van der Waals surface area (Å²) in [5, 5.41) is 0. The molecule has 0 N–H and O–H groups in total. The molecule has 8 nitrogen and oxygen atoms in total. The fourth-order valence-electron chi connectivity index (χ4n) is 5.08. The Bertz CT molecular complexity index is 688. The van der Waals surface area contributed by atoms with Crippen LogP contribution in [0.3, 0.4) is 0 Å². The largest absolute Gasteiger partial charge is 0.382 e. The van der Waals surface area contributed by atoms with Gasteiger partial charge in [-0.15, -0.1) is 0 Å². The smallest absolute Gasteiger partial charge is 0.248 e. The van der Waals surface area contributed by atoms with Gasteiger partial charge in [0.1, 0.15) is 12.4 Å². The van der Waals surface area contributed by atoms with Crippen LogP contribution in [0.5, 0.6) is 0 Å². The van der Waals surface area contributed by atoms with Crippen molar-refractivity contribution in [3.63, 3.8) is 0 Å². The Morgan fingerprint density at radius 3 is 2.68 bits per heavy atom. The van der Waals surface area contributed by atoms with E-state index >= 15 is 0 Å². The third-order valence-electron chi connectivity index (χ3n) is 6.96. The molecule has 3 aliphatic rings. The number of piperazine rings is 1. The number of piperidine rings is 1. The Morgan fingerprint density at radius 2 is 1.97 bits per heavy atom. The Hall–Kier alpha value is -1.74. The standard InChI is InChI=1S/C23H36N4O4/c1-29-16-17-30-19-22(28)27-9-6-23(7-10-27)18-20(5-15-31-23)25-11-13-26(14-12-25)21-4-2-3-8-24-21/h2-4,8,20H,5-7,9-19H2,1H3/t20-/m1/s1. The predicted molar refractivity (Wildman–Crippen MR) is 118 cm³/mol. The van der Waals surface area contributed by atoms with Crippen LogP contribution in [-0.2, 0) is 19.0 Å². The summed E-state index contributed by atoms with van der Waals surface area (Å²) >= 11 is 0. The molecule has 4 heterocycles. The molecule has 1 spiro atoms. The monoisotopic (exact) mass is 432 g/mol. The van der Waals surface area contributed by atoms with Gasteiger partial charge in [0.05, 0.1) is 18.8 Å². The molecule has 0 bridgehead atoms. The molecule has 0 unspecified atom stereocenters. The first-order valence-electron chi connectivity index (χ1n) is 11.6. The number of nitrogens with zero attached hydrogens (tertiary/aromatic N) is 4. The molecule has 31 heavy (non-hydrogen) atoms. The number of hydrogen-bond acceptors (Lipinski definition) is 7. The average molecular weight is 433 g/mol. The highest BCUT2D eigenvalue weighted by Crippen LogP contribution is 2.37. The number of ether oxygens (including phenoxy) is 3. The minimum absolute atomic E-state index is 0.0731. The second-order valence-corrected chi connectivity index (χ2v) is 8.82. The lowest BCUT2D eigenvalue weighted by Crippen LogP contribution is -2.57. The van der Waals surface area contributed by atoms with Crippen LogP contribution < -0.4 is 4.90 Å². The first-order valence-corrected chi connectivity index (χ1v) is 11.6. The Kier molecular flexibility index (Phi) is 7.76. The quantitative estimate of drug-likeness (QED) is 0.604. The van der Waals surface area contributed by atoms with E-state index in [0.717, 1.165) is 77.4 Å². The number of hydrogen-bond donors (Lipinski definition) is 0. The molecule has 1 aromatic rings. The minimum atomic E-state index is -0.0747. The zero-order valence-electron chi connectivity index (χ0n) is 18.7. The number of anilines is 1. The van der Waals surface area contributed by atoms with Crippen LogP contribution >= 0.6 is 0 Å². The van der Waals surface area contributed by atoms with E-state index in [1.165, 1.54) is 0 Å². The van der Waals surface area contributed by atoms with E-state index in [-0.39, 0.29) is 18.1 Å². The number of carbonyl (C=O) groups is 1. The van der Waals surface area contributed by atoms with Crippen LogP contribution in [0.25, 0.3) is 0 Å². The first kappa shape index (κ1) is 22.5. The van der Waals surface area contributed by atoms with Crippen molar-refractivity contribution in [2.75, 3.05) is 77.7 Å². The van der Waals surface area contributed by atoms with E-state index in [4.69, 9.17) is 14.2 Å². The van der Waals surface area contributed by atoms with Crippen LogP contribution in [0.1, 0.15) is 25.7 Å². The van der Waals surface area contributed by atoms with Crippen LogP contribution in [0.4, 0.5) is 5.82 Å². The SMILES string of the molecule is COCCOCC(=O)N1CCC2(CC1)C[C@H](N1CCN(c3ccccn3)CC1)CCO2. The number of likely N-dealkylation sites (tertiary alicyclic amines) is 1. The maximum absolute atomic E-state index is 12.4. The molecule has 8 heteroatoms. The fraction of sp³-hybridized carbons (Fsp3) is 0.739. The van der Waals surface area contributed by atoms with E-state index in [2.05, 4.69) is 26.9 Å². The summed E-state index contributed by atoms with van der Waals surface area (Å²) < 4.78 is 16.7. The molecule has 3 aliphatic heterocycles. The van der Waals surface area contributed by atoms with E-state index < -0.39 is 0 Å². The molecule has 1 atom stereocenters. The Balaban J connectivity index is 1.23. The van der Waals surface area contributed by atoms with Crippen LogP contribution in [-0.4, -0.2) is 105 Å². The van der Waals surface area contributed by atoms with Crippen molar-refractivity contribution in [1.29, 1.82) is 0 Å². The van der Waals surface area contributed by atoms with E-state index in [1.54, 1.807) is 7.11 Å². The summed E-state index contributed by atoms with van der Waals surface area (Å²) in [4.78, 5) is 23.8. The molecule has 1 amide bonds. The highest BCUT2D eigenvalue weighted by atomic mass is 16.5. The number of aromatic nitrogens is 1. The van der Waals surface area contributed by atoms with Crippen molar-refractivity contribution in [1.82, 2.24) is 14.8 Å². The summed E-state index contributed by atoms with van der Waals surface area (Å²) in [5.74, 6) is 1.15. The third kappa shape index (κ3) is 5.74. The maximum Gasteiger partial charge on any atom is 0.248 e.